The summed E-state index contributed by atoms with van der Waals surface area (Å²) in [5, 5.41) is 10.8. The van der Waals surface area contributed by atoms with Crippen molar-refractivity contribution in [3.05, 3.63) is 30.1 Å². The molecule has 0 bridgehead atoms. The summed E-state index contributed by atoms with van der Waals surface area (Å²) in [6.45, 7) is 1.87. The van der Waals surface area contributed by atoms with Crippen molar-refractivity contribution in [2.45, 2.75) is 43.8 Å². The van der Waals surface area contributed by atoms with Crippen LogP contribution in [0.25, 0.3) is 0 Å². The molecular weight excluding hydrogens is 292 g/mol. The standard InChI is InChI=1S/C18H24N2O3/c21-17(20-10-1-7-18(22,12-20)14-2-3-14)15-6-11-23-16(15)13-4-8-19-9-5-13/h4-5,8-9,14-16,22H,1-3,6-7,10-12H2/t15-,16+,18?/m1/s1. The molecule has 5 nitrogen and oxygen atoms in total. The van der Waals surface area contributed by atoms with E-state index in [1.165, 1.54) is 0 Å². The third-order valence-corrected chi connectivity index (χ3v) is 5.59. The van der Waals surface area contributed by atoms with E-state index in [4.69, 9.17) is 4.74 Å². The predicted octanol–water partition coefficient (Wildman–Crippen LogP) is 1.92. The fraction of sp³-hybridized carbons (Fsp3) is 0.667. The number of aromatic nitrogens is 1. The Balaban J connectivity index is 1.49. The van der Waals surface area contributed by atoms with Gasteiger partial charge in [0.05, 0.1) is 17.6 Å². The zero-order valence-corrected chi connectivity index (χ0v) is 13.4. The molecule has 1 N–H and O–H groups in total. The largest absolute Gasteiger partial charge is 0.388 e. The lowest BCUT2D eigenvalue weighted by molar-refractivity contribution is -0.145. The summed E-state index contributed by atoms with van der Waals surface area (Å²) >= 11 is 0. The highest BCUT2D eigenvalue weighted by Crippen LogP contribution is 2.45. The van der Waals surface area contributed by atoms with Crippen molar-refractivity contribution in [2.75, 3.05) is 19.7 Å². The Morgan fingerprint density at radius 1 is 1.30 bits per heavy atom. The summed E-state index contributed by atoms with van der Waals surface area (Å²) in [5.41, 5.74) is 0.366. The smallest absolute Gasteiger partial charge is 0.228 e. The highest BCUT2D eigenvalue weighted by molar-refractivity contribution is 5.80. The molecule has 3 aliphatic rings. The maximum atomic E-state index is 13.0. The van der Waals surface area contributed by atoms with Gasteiger partial charge in [0.15, 0.2) is 0 Å². The third kappa shape index (κ3) is 2.88. The Kier molecular flexibility index (Phi) is 3.85. The molecule has 5 heteroatoms. The third-order valence-electron chi connectivity index (χ3n) is 5.59. The molecule has 1 aliphatic carbocycles. The molecule has 2 saturated heterocycles. The van der Waals surface area contributed by atoms with Gasteiger partial charge in [-0.15, -0.1) is 0 Å². The number of carbonyl (C=O) groups excluding carboxylic acids is 1. The first-order valence-electron chi connectivity index (χ1n) is 8.70. The number of likely N-dealkylation sites (tertiary alicyclic amines) is 1. The first-order chi connectivity index (χ1) is 11.2. The van der Waals surface area contributed by atoms with E-state index in [1.54, 1.807) is 12.4 Å². The fourth-order valence-corrected chi connectivity index (χ4v) is 4.17. The van der Waals surface area contributed by atoms with Crippen LogP contribution in [0.1, 0.15) is 43.8 Å². The van der Waals surface area contributed by atoms with Crippen LogP contribution in [0.15, 0.2) is 24.5 Å². The molecule has 3 atom stereocenters. The summed E-state index contributed by atoms with van der Waals surface area (Å²) in [6, 6.07) is 3.85. The number of β-amino-alcohol motifs (C(OH)–C–C–N with tert-alkyl or cyclic N) is 1. The molecule has 1 aromatic rings. The number of piperidine rings is 1. The zero-order valence-electron chi connectivity index (χ0n) is 13.4. The molecule has 3 heterocycles. The first kappa shape index (κ1) is 15.1. The van der Waals surface area contributed by atoms with Gasteiger partial charge in [0.2, 0.25) is 5.91 Å². The molecule has 1 unspecified atom stereocenters. The number of aliphatic hydroxyl groups is 1. The van der Waals surface area contributed by atoms with Gasteiger partial charge in [0, 0.05) is 32.1 Å². The summed E-state index contributed by atoms with van der Waals surface area (Å²) in [4.78, 5) is 19.0. The van der Waals surface area contributed by atoms with E-state index < -0.39 is 5.60 Å². The minimum Gasteiger partial charge on any atom is -0.388 e. The van der Waals surface area contributed by atoms with Crippen molar-refractivity contribution >= 4 is 5.91 Å². The molecule has 0 radical (unpaired) electrons. The number of carbonyl (C=O) groups is 1. The summed E-state index contributed by atoms with van der Waals surface area (Å²) in [5.74, 6) is 0.399. The number of pyridine rings is 1. The van der Waals surface area contributed by atoms with Crippen molar-refractivity contribution in [3.8, 4) is 0 Å². The number of ether oxygens (including phenoxy) is 1. The van der Waals surface area contributed by atoms with Crippen LogP contribution in [0.3, 0.4) is 0 Å². The lowest BCUT2D eigenvalue weighted by Crippen LogP contribution is -2.53. The Morgan fingerprint density at radius 2 is 2.09 bits per heavy atom. The maximum absolute atomic E-state index is 13.0. The topological polar surface area (TPSA) is 62.7 Å². The van der Waals surface area contributed by atoms with Gasteiger partial charge < -0.3 is 14.7 Å². The highest BCUT2D eigenvalue weighted by atomic mass is 16.5. The second-order valence-corrected chi connectivity index (χ2v) is 7.21. The molecule has 4 rings (SSSR count). The van der Waals surface area contributed by atoms with Crippen molar-refractivity contribution < 1.29 is 14.6 Å². The summed E-state index contributed by atoms with van der Waals surface area (Å²) in [7, 11) is 0. The van der Waals surface area contributed by atoms with E-state index in [0.29, 0.717) is 19.1 Å². The molecule has 23 heavy (non-hydrogen) atoms. The first-order valence-corrected chi connectivity index (χ1v) is 8.70. The Labute approximate surface area is 136 Å². The average Bonchev–Trinajstić information content (AvgIpc) is 3.34. The van der Waals surface area contributed by atoms with E-state index in [2.05, 4.69) is 4.98 Å². The Hall–Kier alpha value is -1.46. The van der Waals surface area contributed by atoms with Gasteiger partial charge >= 0.3 is 0 Å². The molecule has 2 aliphatic heterocycles. The van der Waals surface area contributed by atoms with Crippen LogP contribution in [0.2, 0.25) is 0 Å². The summed E-state index contributed by atoms with van der Waals surface area (Å²) < 4.78 is 5.84. The van der Waals surface area contributed by atoms with Crippen LogP contribution in [-0.2, 0) is 9.53 Å². The van der Waals surface area contributed by atoms with Gasteiger partial charge in [0.1, 0.15) is 0 Å². The van der Waals surface area contributed by atoms with E-state index in [-0.39, 0.29) is 17.9 Å². The van der Waals surface area contributed by atoms with E-state index in [9.17, 15) is 9.90 Å². The zero-order chi connectivity index (χ0) is 15.9. The second-order valence-electron chi connectivity index (χ2n) is 7.21. The number of hydrogen-bond acceptors (Lipinski definition) is 4. The average molecular weight is 316 g/mol. The maximum Gasteiger partial charge on any atom is 0.228 e. The van der Waals surface area contributed by atoms with Gasteiger partial charge in [-0.2, -0.15) is 0 Å². The number of hydrogen-bond donors (Lipinski definition) is 1. The van der Waals surface area contributed by atoms with E-state index in [0.717, 1.165) is 44.2 Å². The van der Waals surface area contributed by atoms with Gasteiger partial charge in [0.25, 0.3) is 0 Å². The molecule has 0 aromatic carbocycles. The van der Waals surface area contributed by atoms with Crippen LogP contribution < -0.4 is 0 Å². The SMILES string of the molecule is O=C([C@@H]1CCO[C@H]1c1ccncc1)N1CCCC(O)(C2CC2)C1. The number of rotatable bonds is 3. The van der Waals surface area contributed by atoms with Gasteiger partial charge in [-0.1, -0.05) is 0 Å². The highest BCUT2D eigenvalue weighted by Gasteiger charge is 2.48. The quantitative estimate of drug-likeness (QED) is 0.925. The van der Waals surface area contributed by atoms with Crippen LogP contribution in [0, 0.1) is 11.8 Å². The van der Waals surface area contributed by atoms with E-state index >= 15 is 0 Å². The Bertz CT molecular complexity index is 575. The molecule has 1 amide bonds. The Morgan fingerprint density at radius 3 is 2.83 bits per heavy atom. The lowest BCUT2D eigenvalue weighted by atomic mass is 9.86. The predicted molar refractivity (Wildman–Crippen MR) is 84.5 cm³/mol. The minimum absolute atomic E-state index is 0.140. The fourth-order valence-electron chi connectivity index (χ4n) is 4.17. The van der Waals surface area contributed by atoms with Gasteiger partial charge in [-0.05, 0) is 55.7 Å². The number of amides is 1. The van der Waals surface area contributed by atoms with Gasteiger partial charge in [-0.3, -0.25) is 9.78 Å². The molecule has 1 aromatic heterocycles. The van der Waals surface area contributed by atoms with Gasteiger partial charge in [-0.25, -0.2) is 0 Å². The van der Waals surface area contributed by atoms with Crippen molar-refractivity contribution in [2.24, 2.45) is 11.8 Å². The summed E-state index contributed by atoms with van der Waals surface area (Å²) in [6.07, 6.45) is 7.99. The number of nitrogens with zero attached hydrogens (tertiary/aromatic N) is 2. The van der Waals surface area contributed by atoms with Crippen molar-refractivity contribution in [3.63, 3.8) is 0 Å². The molecule has 0 spiro atoms. The lowest BCUT2D eigenvalue weighted by Gasteiger charge is -2.41. The molecular formula is C18H24N2O3. The van der Waals surface area contributed by atoms with Crippen LogP contribution in [0.5, 0.6) is 0 Å². The van der Waals surface area contributed by atoms with Crippen molar-refractivity contribution in [1.82, 2.24) is 9.88 Å². The minimum atomic E-state index is -0.653. The second kappa shape index (κ2) is 5.87. The molecule has 1 saturated carbocycles. The van der Waals surface area contributed by atoms with Crippen LogP contribution in [0.4, 0.5) is 0 Å². The normalized spacial score (nSPS) is 34.6. The molecule has 124 valence electrons. The van der Waals surface area contributed by atoms with Crippen LogP contribution >= 0.6 is 0 Å². The van der Waals surface area contributed by atoms with E-state index in [1.807, 2.05) is 17.0 Å². The molecule has 3 fully saturated rings. The monoisotopic (exact) mass is 316 g/mol. The van der Waals surface area contributed by atoms with Crippen molar-refractivity contribution in [1.29, 1.82) is 0 Å². The van der Waals surface area contributed by atoms with Crippen LogP contribution in [-0.4, -0.2) is 46.2 Å².